The second-order valence-electron chi connectivity index (χ2n) is 9.36. The molecular formula is C30H32N8. The Morgan fingerprint density at radius 1 is 0.395 bits per heavy atom. The maximum absolute atomic E-state index is 4.46. The van der Waals surface area contributed by atoms with Crippen molar-refractivity contribution in [2.24, 2.45) is 30.7 Å². The van der Waals surface area contributed by atoms with Crippen LogP contribution in [0.2, 0.25) is 0 Å². The highest BCUT2D eigenvalue weighted by atomic mass is 15.1. The number of aryl methyl sites for hydroxylation is 2. The van der Waals surface area contributed by atoms with Crippen LogP contribution in [0.3, 0.4) is 0 Å². The van der Waals surface area contributed by atoms with E-state index in [0.717, 1.165) is 56.6 Å². The zero-order chi connectivity index (χ0) is 27.1. The number of azo groups is 3. The molecule has 0 saturated carbocycles. The number of benzene rings is 4. The van der Waals surface area contributed by atoms with Crippen molar-refractivity contribution in [1.82, 2.24) is 0 Å². The summed E-state index contributed by atoms with van der Waals surface area (Å²) in [4.78, 5) is 4.09. The largest absolute Gasteiger partial charge is 0.378 e. The number of rotatable bonds is 8. The lowest BCUT2D eigenvalue weighted by Gasteiger charge is -2.11. The Balaban J connectivity index is 1.41. The fraction of sp³-hybridized carbons (Fsp3) is 0.200. The molecule has 0 aromatic heterocycles. The molecule has 0 N–H and O–H groups in total. The van der Waals surface area contributed by atoms with Crippen molar-refractivity contribution in [3.05, 3.63) is 96.1 Å². The smallest absolute Gasteiger partial charge is 0.0890 e. The zero-order valence-electron chi connectivity index (χ0n) is 22.7. The van der Waals surface area contributed by atoms with Gasteiger partial charge in [-0.3, -0.25) is 0 Å². The minimum Gasteiger partial charge on any atom is -0.378 e. The van der Waals surface area contributed by atoms with Gasteiger partial charge in [0, 0.05) is 39.6 Å². The van der Waals surface area contributed by atoms with Crippen LogP contribution in [0.15, 0.2) is 116 Å². The molecule has 4 aromatic rings. The molecule has 0 radical (unpaired) electrons. The minimum atomic E-state index is 0.737. The molecule has 0 aliphatic rings. The highest BCUT2D eigenvalue weighted by Crippen LogP contribution is 2.31. The second-order valence-corrected chi connectivity index (χ2v) is 9.36. The van der Waals surface area contributed by atoms with Gasteiger partial charge in [0.05, 0.1) is 34.1 Å². The zero-order valence-corrected chi connectivity index (χ0v) is 22.7. The third kappa shape index (κ3) is 6.94. The first-order valence-electron chi connectivity index (χ1n) is 12.3. The van der Waals surface area contributed by atoms with Gasteiger partial charge in [0.15, 0.2) is 0 Å². The Hall–Kier alpha value is -4.72. The van der Waals surface area contributed by atoms with E-state index >= 15 is 0 Å². The van der Waals surface area contributed by atoms with E-state index in [0.29, 0.717) is 0 Å². The predicted octanol–water partition coefficient (Wildman–Crippen LogP) is 9.68. The van der Waals surface area contributed by atoms with Gasteiger partial charge < -0.3 is 9.80 Å². The lowest BCUT2D eigenvalue weighted by atomic mass is 10.1. The maximum Gasteiger partial charge on any atom is 0.0890 e. The van der Waals surface area contributed by atoms with Crippen molar-refractivity contribution in [3.63, 3.8) is 0 Å². The first kappa shape index (κ1) is 26.3. The van der Waals surface area contributed by atoms with Crippen LogP contribution in [0.25, 0.3) is 0 Å². The standard InChI is InChI=1S/C30H32N8/c1-21-20-30(36-34-26-13-17-28(18-14-26)38(5)6)22(2)19-29(21)35-33-24-9-7-23(8-10-24)31-32-25-11-15-27(16-12-25)37(3)4/h7-20H,1-6H3/b32-31?,35-33+,36-34?. The van der Waals surface area contributed by atoms with Crippen molar-refractivity contribution < 1.29 is 0 Å². The third-order valence-electron chi connectivity index (χ3n) is 5.92. The van der Waals surface area contributed by atoms with Gasteiger partial charge in [0.1, 0.15) is 0 Å². The van der Waals surface area contributed by atoms with Crippen LogP contribution < -0.4 is 9.80 Å². The highest BCUT2D eigenvalue weighted by Gasteiger charge is 2.05. The van der Waals surface area contributed by atoms with E-state index in [1.165, 1.54) is 0 Å². The molecule has 0 aliphatic heterocycles. The monoisotopic (exact) mass is 504 g/mol. The molecule has 0 bridgehead atoms. The molecule has 38 heavy (non-hydrogen) atoms. The summed E-state index contributed by atoms with van der Waals surface area (Å²) in [6.45, 7) is 3.99. The van der Waals surface area contributed by atoms with Crippen molar-refractivity contribution in [1.29, 1.82) is 0 Å². The molecule has 0 aliphatic carbocycles. The SMILES string of the molecule is Cc1cc(/N=N/c2ccc(N=Nc3ccc(N(C)C)cc3)cc2)c(C)cc1N=Nc1ccc(N(C)C)cc1. The molecule has 0 amide bonds. The number of anilines is 2. The third-order valence-corrected chi connectivity index (χ3v) is 5.92. The van der Waals surface area contributed by atoms with Gasteiger partial charge in [0.2, 0.25) is 0 Å². The Labute approximate surface area is 224 Å². The fourth-order valence-corrected chi connectivity index (χ4v) is 3.56. The number of hydrogen-bond donors (Lipinski definition) is 0. The van der Waals surface area contributed by atoms with Gasteiger partial charge in [0.25, 0.3) is 0 Å². The molecule has 192 valence electrons. The van der Waals surface area contributed by atoms with Crippen LogP contribution in [-0.4, -0.2) is 28.2 Å². The van der Waals surface area contributed by atoms with E-state index in [2.05, 4.69) is 30.7 Å². The first-order chi connectivity index (χ1) is 18.3. The topological polar surface area (TPSA) is 80.6 Å². The van der Waals surface area contributed by atoms with Crippen LogP contribution >= 0.6 is 0 Å². The van der Waals surface area contributed by atoms with Gasteiger partial charge >= 0.3 is 0 Å². The Kier molecular flexibility index (Phi) is 8.33. The van der Waals surface area contributed by atoms with Crippen LogP contribution in [0.4, 0.5) is 45.5 Å². The molecule has 0 atom stereocenters. The van der Waals surface area contributed by atoms with Gasteiger partial charge in [-0.2, -0.15) is 30.7 Å². The van der Waals surface area contributed by atoms with Gasteiger partial charge in [-0.15, -0.1) is 0 Å². The van der Waals surface area contributed by atoms with Crippen LogP contribution in [0.1, 0.15) is 11.1 Å². The van der Waals surface area contributed by atoms with E-state index in [1.807, 2.05) is 137 Å². The highest BCUT2D eigenvalue weighted by molar-refractivity contribution is 5.59. The summed E-state index contributed by atoms with van der Waals surface area (Å²) in [6, 6.07) is 27.3. The average molecular weight is 505 g/mol. The molecule has 8 heteroatoms. The van der Waals surface area contributed by atoms with E-state index in [1.54, 1.807) is 0 Å². The fourth-order valence-electron chi connectivity index (χ4n) is 3.56. The molecule has 0 unspecified atom stereocenters. The van der Waals surface area contributed by atoms with Crippen molar-refractivity contribution in [2.75, 3.05) is 38.0 Å². The molecular weight excluding hydrogens is 472 g/mol. The van der Waals surface area contributed by atoms with Crippen LogP contribution in [0.5, 0.6) is 0 Å². The molecule has 0 fully saturated rings. The Morgan fingerprint density at radius 2 is 0.658 bits per heavy atom. The van der Waals surface area contributed by atoms with Crippen LogP contribution in [-0.2, 0) is 0 Å². The summed E-state index contributed by atoms with van der Waals surface area (Å²) in [7, 11) is 8.03. The maximum atomic E-state index is 4.46. The van der Waals surface area contributed by atoms with Crippen LogP contribution in [0, 0.1) is 13.8 Å². The molecule has 4 rings (SSSR count). The van der Waals surface area contributed by atoms with Crippen molar-refractivity contribution >= 4 is 45.5 Å². The van der Waals surface area contributed by atoms with E-state index in [4.69, 9.17) is 0 Å². The van der Waals surface area contributed by atoms with Crippen molar-refractivity contribution in [2.45, 2.75) is 13.8 Å². The first-order valence-corrected chi connectivity index (χ1v) is 12.3. The summed E-state index contributed by atoms with van der Waals surface area (Å²) < 4.78 is 0. The lowest BCUT2D eigenvalue weighted by Crippen LogP contribution is -2.07. The number of nitrogens with zero attached hydrogens (tertiary/aromatic N) is 8. The molecule has 8 nitrogen and oxygen atoms in total. The predicted molar refractivity (Wildman–Crippen MR) is 156 cm³/mol. The molecule has 0 saturated heterocycles. The normalized spacial score (nSPS) is 11.6. The van der Waals surface area contributed by atoms with Gasteiger partial charge in [-0.05, 0) is 110 Å². The molecule has 0 spiro atoms. The lowest BCUT2D eigenvalue weighted by molar-refractivity contribution is 1.13. The average Bonchev–Trinajstić information content (AvgIpc) is 2.92. The number of hydrogen-bond acceptors (Lipinski definition) is 8. The molecule has 4 aromatic carbocycles. The summed E-state index contributed by atoms with van der Waals surface area (Å²) in [5.74, 6) is 0. The van der Waals surface area contributed by atoms with Gasteiger partial charge in [-0.25, -0.2) is 0 Å². The van der Waals surface area contributed by atoms with E-state index in [-0.39, 0.29) is 0 Å². The van der Waals surface area contributed by atoms with Crippen molar-refractivity contribution in [3.8, 4) is 0 Å². The van der Waals surface area contributed by atoms with E-state index < -0.39 is 0 Å². The minimum absolute atomic E-state index is 0.737. The van der Waals surface area contributed by atoms with Gasteiger partial charge in [-0.1, -0.05) is 0 Å². The second kappa shape index (κ2) is 12.0. The Bertz CT molecular complexity index is 1450. The Morgan fingerprint density at radius 3 is 0.947 bits per heavy atom. The molecule has 0 heterocycles. The quantitative estimate of drug-likeness (QED) is 0.224. The summed E-state index contributed by atoms with van der Waals surface area (Å²) in [5, 5.41) is 26.3. The van der Waals surface area contributed by atoms with E-state index in [9.17, 15) is 0 Å². The summed E-state index contributed by atoms with van der Waals surface area (Å²) in [5.41, 5.74) is 8.89. The summed E-state index contributed by atoms with van der Waals surface area (Å²) in [6.07, 6.45) is 0. The summed E-state index contributed by atoms with van der Waals surface area (Å²) >= 11 is 0.